The molecule has 1 aromatic carbocycles. The van der Waals surface area contributed by atoms with E-state index >= 15 is 0 Å². The molecule has 0 amide bonds. The van der Waals surface area contributed by atoms with Gasteiger partial charge >= 0.3 is 1.43 Å². The smallest absolute Gasteiger partial charge is 1.00 e. The Hall–Kier alpha value is -0.770. The molecule has 1 aliphatic heterocycles. The van der Waals surface area contributed by atoms with E-state index in [4.69, 9.17) is 16.4 Å². The first-order chi connectivity index (χ1) is 9.25. The Morgan fingerprint density at radius 3 is 2.55 bits per heavy atom. The number of benzene rings is 1. The van der Waals surface area contributed by atoms with E-state index in [0.29, 0.717) is 6.61 Å². The SMILES string of the molecule is C/C(=N\OCCN1CCCCC1)c1ccc(Cl)cc1.[Cl-].[H+]. The summed E-state index contributed by atoms with van der Waals surface area (Å²) in [7, 11) is 0. The van der Waals surface area contributed by atoms with Gasteiger partial charge in [0.2, 0.25) is 0 Å². The number of halogens is 2. The van der Waals surface area contributed by atoms with Gasteiger partial charge in [0.05, 0.1) is 5.71 Å². The van der Waals surface area contributed by atoms with Crippen LogP contribution in [0.2, 0.25) is 5.02 Å². The molecule has 5 heteroatoms. The number of piperidine rings is 1. The van der Waals surface area contributed by atoms with Gasteiger partial charge in [-0.25, -0.2) is 0 Å². The van der Waals surface area contributed by atoms with Crippen LogP contribution >= 0.6 is 11.6 Å². The van der Waals surface area contributed by atoms with Crippen molar-refractivity contribution in [1.29, 1.82) is 0 Å². The first kappa shape index (κ1) is 17.3. The third-order valence-corrected chi connectivity index (χ3v) is 3.66. The van der Waals surface area contributed by atoms with Crippen LogP contribution < -0.4 is 12.4 Å². The minimum atomic E-state index is 0. The van der Waals surface area contributed by atoms with E-state index in [2.05, 4.69) is 10.1 Å². The molecule has 0 radical (unpaired) electrons. The Morgan fingerprint density at radius 1 is 1.25 bits per heavy atom. The van der Waals surface area contributed by atoms with Crippen LogP contribution in [0, 0.1) is 0 Å². The molecule has 1 saturated heterocycles. The monoisotopic (exact) mass is 316 g/mol. The minimum absolute atomic E-state index is 0. The van der Waals surface area contributed by atoms with Crippen LogP contribution in [-0.4, -0.2) is 36.9 Å². The molecule has 1 fully saturated rings. The molecular formula is C15H22Cl2N2O. The highest BCUT2D eigenvalue weighted by Crippen LogP contribution is 2.11. The van der Waals surface area contributed by atoms with Crippen molar-refractivity contribution in [3.05, 3.63) is 34.9 Å². The molecule has 0 aromatic heterocycles. The van der Waals surface area contributed by atoms with E-state index in [1.165, 1.54) is 32.4 Å². The van der Waals surface area contributed by atoms with E-state index in [1.54, 1.807) is 0 Å². The molecule has 0 unspecified atom stereocenters. The van der Waals surface area contributed by atoms with Crippen LogP contribution in [0.1, 0.15) is 33.2 Å². The minimum Gasteiger partial charge on any atom is -1.00 e. The summed E-state index contributed by atoms with van der Waals surface area (Å²) in [6, 6.07) is 7.64. The largest absolute Gasteiger partial charge is 1.00 e. The van der Waals surface area contributed by atoms with Gasteiger partial charge in [0.15, 0.2) is 0 Å². The normalized spacial score (nSPS) is 16.6. The molecule has 0 saturated carbocycles. The fourth-order valence-corrected chi connectivity index (χ4v) is 2.37. The standard InChI is InChI=1S/C15H21ClN2O.ClH/c1-13(14-5-7-15(16)8-6-14)17-19-12-11-18-9-3-2-4-10-18;/h5-8H,2-4,9-12H2,1H3;1H/b17-13+;. The zero-order valence-corrected chi connectivity index (χ0v) is 13.3. The molecule has 3 nitrogen and oxygen atoms in total. The van der Waals surface area contributed by atoms with Gasteiger partial charge in [-0.1, -0.05) is 35.3 Å². The summed E-state index contributed by atoms with van der Waals surface area (Å²) in [5, 5.41) is 4.89. The van der Waals surface area contributed by atoms with E-state index < -0.39 is 0 Å². The maximum absolute atomic E-state index is 5.85. The van der Waals surface area contributed by atoms with Crippen molar-refractivity contribution < 1.29 is 18.7 Å². The van der Waals surface area contributed by atoms with Crippen LogP contribution in [0.3, 0.4) is 0 Å². The molecule has 1 aliphatic rings. The number of nitrogens with zero attached hydrogens (tertiary/aromatic N) is 2. The lowest BCUT2D eigenvalue weighted by atomic mass is 10.1. The zero-order chi connectivity index (χ0) is 13.5. The van der Waals surface area contributed by atoms with Gasteiger partial charge in [0, 0.05) is 11.6 Å². The van der Waals surface area contributed by atoms with Gasteiger partial charge in [0.1, 0.15) is 6.61 Å². The summed E-state index contributed by atoms with van der Waals surface area (Å²) < 4.78 is 0. The molecule has 1 aromatic rings. The lowest BCUT2D eigenvalue weighted by Crippen LogP contribution is -3.00. The van der Waals surface area contributed by atoms with Crippen molar-refractivity contribution in [3.8, 4) is 0 Å². The van der Waals surface area contributed by atoms with Crippen molar-refractivity contribution in [2.75, 3.05) is 26.2 Å². The predicted octanol–water partition coefficient (Wildman–Crippen LogP) is 0.683. The lowest BCUT2D eigenvalue weighted by Gasteiger charge is -2.25. The first-order valence-electron chi connectivity index (χ1n) is 6.90. The molecular weight excluding hydrogens is 295 g/mol. The van der Waals surface area contributed by atoms with Crippen molar-refractivity contribution >= 4 is 17.3 Å². The molecule has 2 rings (SSSR count). The topological polar surface area (TPSA) is 24.8 Å². The highest BCUT2D eigenvalue weighted by atomic mass is 35.5. The summed E-state index contributed by atoms with van der Waals surface area (Å²) in [5.41, 5.74) is 1.93. The van der Waals surface area contributed by atoms with Gasteiger partial charge in [-0.15, -0.1) is 0 Å². The molecule has 0 aliphatic carbocycles. The number of hydrogen-bond acceptors (Lipinski definition) is 3. The van der Waals surface area contributed by atoms with Gasteiger partial charge < -0.3 is 17.2 Å². The van der Waals surface area contributed by atoms with Gasteiger partial charge in [-0.05, 0) is 50.6 Å². The van der Waals surface area contributed by atoms with Crippen LogP contribution in [0.15, 0.2) is 29.4 Å². The highest BCUT2D eigenvalue weighted by Gasteiger charge is 2.09. The van der Waals surface area contributed by atoms with Gasteiger partial charge in [-0.3, -0.25) is 4.90 Å². The van der Waals surface area contributed by atoms with Crippen molar-refractivity contribution in [2.45, 2.75) is 26.2 Å². The van der Waals surface area contributed by atoms with Crippen molar-refractivity contribution in [3.63, 3.8) is 0 Å². The molecule has 112 valence electrons. The Kier molecular flexibility index (Phi) is 7.97. The Balaban J connectivity index is 0.00000200. The summed E-state index contributed by atoms with van der Waals surface area (Å²) in [6.45, 7) is 5.97. The van der Waals surface area contributed by atoms with Crippen LogP contribution in [0.5, 0.6) is 0 Å². The quantitative estimate of drug-likeness (QED) is 0.453. The molecule has 1 heterocycles. The van der Waals surface area contributed by atoms with Crippen molar-refractivity contribution in [2.24, 2.45) is 5.16 Å². The number of rotatable bonds is 5. The number of likely N-dealkylation sites (tertiary alicyclic amines) is 1. The first-order valence-corrected chi connectivity index (χ1v) is 7.28. The van der Waals surface area contributed by atoms with Crippen molar-refractivity contribution in [1.82, 2.24) is 4.90 Å². The average molecular weight is 317 g/mol. The zero-order valence-electron chi connectivity index (χ0n) is 12.8. The molecule has 0 atom stereocenters. The summed E-state index contributed by atoms with van der Waals surface area (Å²) in [4.78, 5) is 7.84. The second-order valence-corrected chi connectivity index (χ2v) is 5.36. The van der Waals surface area contributed by atoms with Gasteiger partial charge in [-0.2, -0.15) is 0 Å². The predicted molar refractivity (Wildman–Crippen MR) is 81.0 cm³/mol. The van der Waals surface area contributed by atoms with E-state index in [0.717, 1.165) is 22.8 Å². The van der Waals surface area contributed by atoms with E-state index in [9.17, 15) is 0 Å². The second kappa shape index (κ2) is 9.22. The molecule has 0 spiro atoms. The summed E-state index contributed by atoms with van der Waals surface area (Å²) in [5.74, 6) is 0. The third-order valence-electron chi connectivity index (χ3n) is 3.41. The third kappa shape index (κ3) is 5.70. The maximum atomic E-state index is 5.85. The van der Waals surface area contributed by atoms with Crippen LogP contribution in [0.25, 0.3) is 0 Å². The molecule has 0 N–H and O–H groups in total. The Labute approximate surface area is 133 Å². The Morgan fingerprint density at radius 2 is 1.90 bits per heavy atom. The summed E-state index contributed by atoms with van der Waals surface area (Å²) >= 11 is 5.85. The molecule has 0 bridgehead atoms. The number of hydrogen-bond donors (Lipinski definition) is 0. The van der Waals surface area contributed by atoms with E-state index in [-0.39, 0.29) is 13.8 Å². The van der Waals surface area contributed by atoms with E-state index in [1.807, 2.05) is 31.2 Å². The second-order valence-electron chi connectivity index (χ2n) is 4.92. The Bertz CT molecular complexity index is 420. The number of oxime groups is 1. The highest BCUT2D eigenvalue weighted by molar-refractivity contribution is 6.30. The van der Waals surface area contributed by atoms with Crippen LogP contribution in [-0.2, 0) is 4.84 Å². The van der Waals surface area contributed by atoms with Gasteiger partial charge in [0.25, 0.3) is 0 Å². The maximum Gasteiger partial charge on any atom is 1.00 e. The molecule has 20 heavy (non-hydrogen) atoms. The fraction of sp³-hybridized carbons (Fsp3) is 0.533. The summed E-state index contributed by atoms with van der Waals surface area (Å²) in [6.07, 6.45) is 3.99. The lowest BCUT2D eigenvalue weighted by molar-refractivity contribution is -0.00000433. The van der Waals surface area contributed by atoms with Crippen LogP contribution in [0.4, 0.5) is 0 Å². The fourth-order valence-electron chi connectivity index (χ4n) is 2.24. The average Bonchev–Trinajstić information content (AvgIpc) is 2.45.